The number of ether oxygens (including phenoxy) is 2. The van der Waals surface area contributed by atoms with Gasteiger partial charge in [-0.05, 0) is 18.2 Å². The fraction of sp³-hybridized carbons (Fsp3) is 0.133. The second-order valence-electron chi connectivity index (χ2n) is 4.29. The predicted octanol–water partition coefficient (Wildman–Crippen LogP) is 3.95. The molecule has 0 unspecified atom stereocenters. The number of halogens is 1. The van der Waals surface area contributed by atoms with Crippen LogP contribution in [0.5, 0.6) is 11.5 Å². The van der Waals surface area contributed by atoms with Gasteiger partial charge in [0.25, 0.3) is 5.69 Å². The van der Waals surface area contributed by atoms with Gasteiger partial charge >= 0.3 is 5.97 Å². The van der Waals surface area contributed by atoms with Crippen molar-refractivity contribution in [1.29, 1.82) is 0 Å². The standard InChI is InChI=1S/C15H12ClNO5S/c1-21-12-7-6-10(17(19)20)8-13(12)22-15(18)9-23-14-5-3-2-4-11(14)16/h2-8H,9H2,1H3. The molecule has 2 aromatic rings. The molecule has 120 valence electrons. The minimum atomic E-state index is -0.574. The molecule has 0 saturated carbocycles. The molecule has 0 saturated heterocycles. The van der Waals surface area contributed by atoms with Gasteiger partial charge in [0.2, 0.25) is 0 Å². The highest BCUT2D eigenvalue weighted by Crippen LogP contribution is 2.32. The number of rotatable bonds is 6. The Labute approximate surface area is 141 Å². The van der Waals surface area contributed by atoms with Crippen molar-refractivity contribution in [3.63, 3.8) is 0 Å². The average Bonchev–Trinajstić information content (AvgIpc) is 2.54. The summed E-state index contributed by atoms with van der Waals surface area (Å²) in [5, 5.41) is 11.3. The molecule has 0 aliphatic rings. The van der Waals surface area contributed by atoms with Crippen LogP contribution in [0.15, 0.2) is 47.4 Å². The Morgan fingerprint density at radius 3 is 2.65 bits per heavy atom. The van der Waals surface area contributed by atoms with E-state index >= 15 is 0 Å². The molecule has 0 N–H and O–H groups in total. The van der Waals surface area contributed by atoms with Crippen molar-refractivity contribution < 1.29 is 19.2 Å². The summed E-state index contributed by atoms with van der Waals surface area (Å²) >= 11 is 7.22. The van der Waals surface area contributed by atoms with E-state index in [4.69, 9.17) is 21.1 Å². The highest BCUT2D eigenvalue weighted by molar-refractivity contribution is 8.00. The number of non-ortho nitro benzene ring substituents is 1. The largest absolute Gasteiger partial charge is 0.493 e. The summed E-state index contributed by atoms with van der Waals surface area (Å²) < 4.78 is 10.2. The third-order valence-corrected chi connectivity index (χ3v) is 4.25. The Morgan fingerprint density at radius 2 is 2.00 bits per heavy atom. The smallest absolute Gasteiger partial charge is 0.321 e. The van der Waals surface area contributed by atoms with Crippen LogP contribution in [0.1, 0.15) is 0 Å². The molecule has 0 aliphatic carbocycles. The van der Waals surface area contributed by atoms with Crippen molar-refractivity contribution in [2.45, 2.75) is 4.90 Å². The minimum Gasteiger partial charge on any atom is -0.493 e. The van der Waals surface area contributed by atoms with E-state index < -0.39 is 10.9 Å². The molecule has 0 aliphatic heterocycles. The van der Waals surface area contributed by atoms with Crippen LogP contribution in [0.2, 0.25) is 5.02 Å². The number of carbonyl (C=O) groups is 1. The zero-order chi connectivity index (χ0) is 16.8. The van der Waals surface area contributed by atoms with Crippen LogP contribution < -0.4 is 9.47 Å². The lowest BCUT2D eigenvalue weighted by atomic mass is 10.3. The number of nitro groups is 1. The van der Waals surface area contributed by atoms with E-state index in [-0.39, 0.29) is 22.9 Å². The number of esters is 1. The summed E-state index contributed by atoms with van der Waals surface area (Å²) in [4.78, 5) is 22.9. The Bertz CT molecular complexity index is 738. The SMILES string of the molecule is COc1ccc([N+](=O)[O-])cc1OC(=O)CSc1ccccc1Cl. The van der Waals surface area contributed by atoms with Crippen LogP contribution in [-0.4, -0.2) is 23.8 Å². The van der Waals surface area contributed by atoms with Crippen LogP contribution in [0.3, 0.4) is 0 Å². The van der Waals surface area contributed by atoms with E-state index in [1.54, 1.807) is 18.2 Å². The Kier molecular flexibility index (Phi) is 5.84. The molecule has 8 heteroatoms. The van der Waals surface area contributed by atoms with Gasteiger partial charge in [-0.1, -0.05) is 23.7 Å². The van der Waals surface area contributed by atoms with E-state index in [0.29, 0.717) is 5.02 Å². The Hall–Kier alpha value is -2.25. The molecule has 0 bridgehead atoms. The second kappa shape index (κ2) is 7.85. The lowest BCUT2D eigenvalue weighted by Crippen LogP contribution is -2.11. The number of carbonyl (C=O) groups excluding carboxylic acids is 1. The van der Waals surface area contributed by atoms with E-state index in [2.05, 4.69) is 0 Å². The lowest BCUT2D eigenvalue weighted by molar-refractivity contribution is -0.384. The van der Waals surface area contributed by atoms with E-state index in [1.807, 2.05) is 6.07 Å². The van der Waals surface area contributed by atoms with Crippen molar-refractivity contribution in [1.82, 2.24) is 0 Å². The molecular weight excluding hydrogens is 342 g/mol. The van der Waals surface area contributed by atoms with Gasteiger partial charge in [0.05, 0.1) is 28.9 Å². The second-order valence-corrected chi connectivity index (χ2v) is 5.71. The van der Waals surface area contributed by atoms with Crippen molar-refractivity contribution >= 4 is 35.0 Å². The van der Waals surface area contributed by atoms with Crippen molar-refractivity contribution in [2.24, 2.45) is 0 Å². The molecule has 0 spiro atoms. The Morgan fingerprint density at radius 1 is 1.26 bits per heavy atom. The van der Waals surface area contributed by atoms with Gasteiger partial charge in [-0.2, -0.15) is 0 Å². The maximum atomic E-state index is 11.9. The summed E-state index contributed by atoms with van der Waals surface area (Å²) in [6.07, 6.45) is 0. The molecule has 0 radical (unpaired) electrons. The minimum absolute atomic E-state index is 0.00598. The molecule has 0 atom stereocenters. The maximum absolute atomic E-state index is 11.9. The molecular formula is C15H12ClNO5S. The maximum Gasteiger partial charge on any atom is 0.321 e. The van der Waals surface area contributed by atoms with Gasteiger partial charge in [0.15, 0.2) is 11.5 Å². The Balaban J connectivity index is 2.06. The highest BCUT2D eigenvalue weighted by atomic mass is 35.5. The van der Waals surface area contributed by atoms with Crippen LogP contribution in [0.25, 0.3) is 0 Å². The van der Waals surface area contributed by atoms with Gasteiger partial charge in [0, 0.05) is 11.0 Å². The molecule has 2 aromatic carbocycles. The normalized spacial score (nSPS) is 10.2. The van der Waals surface area contributed by atoms with Crippen molar-refractivity contribution in [3.05, 3.63) is 57.6 Å². The van der Waals surface area contributed by atoms with Crippen LogP contribution in [0, 0.1) is 10.1 Å². The highest BCUT2D eigenvalue weighted by Gasteiger charge is 2.16. The molecule has 6 nitrogen and oxygen atoms in total. The number of thioether (sulfide) groups is 1. The number of nitro benzene ring substituents is 1. The molecule has 0 fully saturated rings. The van der Waals surface area contributed by atoms with Crippen LogP contribution in [-0.2, 0) is 4.79 Å². The third-order valence-electron chi connectivity index (χ3n) is 2.76. The number of hydrogen-bond acceptors (Lipinski definition) is 6. The van der Waals surface area contributed by atoms with Crippen molar-refractivity contribution in [3.8, 4) is 11.5 Å². The van der Waals surface area contributed by atoms with Crippen LogP contribution >= 0.6 is 23.4 Å². The molecule has 0 aromatic heterocycles. The first-order valence-electron chi connectivity index (χ1n) is 6.41. The van der Waals surface area contributed by atoms with Gasteiger partial charge in [-0.25, -0.2) is 0 Å². The zero-order valence-corrected chi connectivity index (χ0v) is 13.6. The monoisotopic (exact) mass is 353 g/mol. The lowest BCUT2D eigenvalue weighted by Gasteiger charge is -2.09. The fourth-order valence-electron chi connectivity index (χ4n) is 1.71. The van der Waals surface area contributed by atoms with E-state index in [9.17, 15) is 14.9 Å². The molecule has 0 amide bonds. The molecule has 23 heavy (non-hydrogen) atoms. The van der Waals surface area contributed by atoms with E-state index in [0.717, 1.165) is 11.0 Å². The first kappa shape index (κ1) is 17.1. The van der Waals surface area contributed by atoms with Gasteiger partial charge < -0.3 is 9.47 Å². The third kappa shape index (κ3) is 4.61. The molecule has 0 heterocycles. The summed E-state index contributed by atoms with van der Waals surface area (Å²) in [6, 6.07) is 10.9. The van der Waals surface area contributed by atoms with Gasteiger partial charge in [-0.3, -0.25) is 14.9 Å². The number of hydrogen-bond donors (Lipinski definition) is 0. The quantitative estimate of drug-likeness (QED) is 0.257. The summed E-state index contributed by atoms with van der Waals surface area (Å²) in [6.45, 7) is 0. The van der Waals surface area contributed by atoms with E-state index in [1.165, 1.54) is 31.0 Å². The summed E-state index contributed by atoms with van der Waals surface area (Å²) in [5.74, 6) is -0.304. The van der Waals surface area contributed by atoms with Gasteiger partial charge in [-0.15, -0.1) is 11.8 Å². The van der Waals surface area contributed by atoms with Crippen molar-refractivity contribution in [2.75, 3.05) is 12.9 Å². The zero-order valence-electron chi connectivity index (χ0n) is 12.0. The molecule has 2 rings (SSSR count). The fourth-order valence-corrected chi connectivity index (χ4v) is 2.72. The van der Waals surface area contributed by atoms with Gasteiger partial charge in [0.1, 0.15) is 0 Å². The number of methoxy groups -OCH3 is 1. The summed E-state index contributed by atoms with van der Waals surface area (Å²) in [5.41, 5.74) is -0.188. The average molecular weight is 354 g/mol. The first-order valence-corrected chi connectivity index (χ1v) is 7.78. The first-order chi connectivity index (χ1) is 11.0. The topological polar surface area (TPSA) is 78.7 Å². The number of benzene rings is 2. The predicted molar refractivity (Wildman–Crippen MR) is 87.5 cm³/mol. The summed E-state index contributed by atoms with van der Waals surface area (Å²) in [7, 11) is 1.39. The van der Waals surface area contributed by atoms with Crippen LogP contribution in [0.4, 0.5) is 5.69 Å². The number of nitrogens with zero attached hydrogens (tertiary/aromatic N) is 1.